The Balaban J connectivity index is 2.43. The van der Waals surface area contributed by atoms with Gasteiger partial charge in [-0.25, -0.2) is 21.1 Å². The van der Waals surface area contributed by atoms with Crippen molar-refractivity contribution in [1.29, 1.82) is 0 Å². The van der Waals surface area contributed by atoms with Crippen molar-refractivity contribution in [3.63, 3.8) is 0 Å². The highest BCUT2D eigenvalue weighted by Gasteiger charge is 2.21. The first-order chi connectivity index (χ1) is 11.0. The third-order valence-corrected chi connectivity index (χ3v) is 6.88. The van der Waals surface area contributed by atoms with Crippen molar-refractivity contribution >= 4 is 25.7 Å². The minimum Gasteiger partial charge on any atom is -0.280 e. The van der Waals surface area contributed by atoms with Gasteiger partial charge in [-0.2, -0.15) is 0 Å². The van der Waals surface area contributed by atoms with E-state index in [0.717, 1.165) is 9.87 Å². The molecule has 0 aliphatic rings. The Labute approximate surface area is 143 Å². The van der Waals surface area contributed by atoms with Crippen molar-refractivity contribution in [1.82, 2.24) is 4.31 Å². The summed E-state index contributed by atoms with van der Waals surface area (Å²) >= 11 is 0. The molecule has 0 atom stereocenters. The summed E-state index contributed by atoms with van der Waals surface area (Å²) < 4.78 is 53.0. The molecule has 24 heavy (non-hydrogen) atoms. The van der Waals surface area contributed by atoms with E-state index in [1.807, 2.05) is 6.92 Å². The number of hydrogen-bond acceptors (Lipinski definition) is 4. The zero-order valence-corrected chi connectivity index (χ0v) is 15.6. The van der Waals surface area contributed by atoms with Crippen LogP contribution in [-0.4, -0.2) is 35.2 Å². The van der Waals surface area contributed by atoms with Crippen LogP contribution >= 0.6 is 0 Å². The van der Waals surface area contributed by atoms with E-state index in [9.17, 15) is 16.8 Å². The number of aryl methyl sites for hydroxylation is 2. The van der Waals surface area contributed by atoms with Crippen molar-refractivity contribution in [3.8, 4) is 0 Å². The molecule has 2 aromatic rings. The number of sulfonamides is 2. The normalized spacial score (nSPS) is 12.4. The fourth-order valence-electron chi connectivity index (χ4n) is 2.07. The molecular weight excluding hydrogens is 348 g/mol. The molecule has 0 aliphatic carbocycles. The molecule has 0 aromatic heterocycles. The number of nitrogens with one attached hydrogen (secondary N) is 1. The van der Waals surface area contributed by atoms with Gasteiger partial charge in [-0.1, -0.05) is 23.8 Å². The van der Waals surface area contributed by atoms with Crippen LogP contribution in [0, 0.1) is 13.8 Å². The Morgan fingerprint density at radius 1 is 0.875 bits per heavy atom. The maximum absolute atomic E-state index is 12.4. The van der Waals surface area contributed by atoms with Crippen LogP contribution in [0.4, 0.5) is 5.69 Å². The minimum absolute atomic E-state index is 0.0663. The Hall–Kier alpha value is -1.90. The first-order valence-electron chi connectivity index (χ1n) is 7.17. The molecule has 8 heteroatoms. The van der Waals surface area contributed by atoms with Gasteiger partial charge in [0.05, 0.1) is 15.5 Å². The van der Waals surface area contributed by atoms with Gasteiger partial charge in [-0.3, -0.25) is 4.72 Å². The van der Waals surface area contributed by atoms with Crippen LogP contribution in [0.1, 0.15) is 11.1 Å². The highest BCUT2D eigenvalue weighted by Crippen LogP contribution is 2.24. The number of nitrogens with zero attached hydrogens (tertiary/aromatic N) is 1. The summed E-state index contributed by atoms with van der Waals surface area (Å²) in [5, 5.41) is 0. The molecular formula is C16H20N2O4S2. The largest absolute Gasteiger partial charge is 0.280 e. The first-order valence-corrected chi connectivity index (χ1v) is 10.1. The maximum atomic E-state index is 12.4. The first kappa shape index (κ1) is 18.4. The topological polar surface area (TPSA) is 83.5 Å². The molecule has 0 fully saturated rings. The van der Waals surface area contributed by atoms with Crippen LogP contribution in [0.2, 0.25) is 0 Å². The molecule has 0 saturated heterocycles. The quantitative estimate of drug-likeness (QED) is 0.878. The number of hydrogen-bond donors (Lipinski definition) is 1. The second kappa shape index (κ2) is 6.54. The summed E-state index contributed by atoms with van der Waals surface area (Å²) in [6, 6.07) is 10.8. The van der Waals surface area contributed by atoms with Crippen molar-refractivity contribution < 1.29 is 16.8 Å². The number of anilines is 1. The van der Waals surface area contributed by atoms with Crippen LogP contribution in [0.5, 0.6) is 0 Å². The average molecular weight is 368 g/mol. The van der Waals surface area contributed by atoms with E-state index in [1.54, 1.807) is 25.1 Å². The predicted octanol–water partition coefficient (Wildman–Crippen LogP) is 2.35. The van der Waals surface area contributed by atoms with Gasteiger partial charge in [-0.15, -0.1) is 0 Å². The lowest BCUT2D eigenvalue weighted by atomic mass is 10.2. The van der Waals surface area contributed by atoms with Crippen LogP contribution in [-0.2, 0) is 20.0 Å². The van der Waals surface area contributed by atoms with Gasteiger partial charge in [0.15, 0.2) is 0 Å². The second-order valence-corrected chi connectivity index (χ2v) is 9.49. The van der Waals surface area contributed by atoms with Crippen LogP contribution in [0.25, 0.3) is 0 Å². The molecule has 2 rings (SSSR count). The van der Waals surface area contributed by atoms with E-state index in [1.165, 1.54) is 38.4 Å². The third-order valence-electron chi connectivity index (χ3n) is 3.53. The summed E-state index contributed by atoms with van der Waals surface area (Å²) in [5.74, 6) is 0. The highest BCUT2D eigenvalue weighted by atomic mass is 32.2. The molecule has 0 bridgehead atoms. The van der Waals surface area contributed by atoms with Gasteiger partial charge in [0.1, 0.15) is 0 Å². The molecule has 0 unspecified atom stereocenters. The van der Waals surface area contributed by atoms with E-state index >= 15 is 0 Å². The summed E-state index contributed by atoms with van der Waals surface area (Å²) in [5.41, 5.74) is 1.69. The zero-order chi connectivity index (χ0) is 18.1. The Morgan fingerprint density at radius 2 is 1.46 bits per heavy atom. The summed E-state index contributed by atoms with van der Waals surface area (Å²) in [6.45, 7) is 3.52. The van der Waals surface area contributed by atoms with Gasteiger partial charge in [-0.05, 0) is 43.7 Å². The van der Waals surface area contributed by atoms with Gasteiger partial charge in [0.25, 0.3) is 10.0 Å². The Morgan fingerprint density at radius 3 is 2.00 bits per heavy atom. The number of benzene rings is 2. The standard InChI is InChI=1S/C16H20N2O4S2/c1-12-5-9-15(10-6-12)23(19,20)17-14-8-7-13(2)16(11-14)24(21,22)18(3)4/h5-11,17H,1-4H3. The van der Waals surface area contributed by atoms with Crippen LogP contribution < -0.4 is 4.72 Å². The van der Waals surface area contributed by atoms with Crippen molar-refractivity contribution in [2.24, 2.45) is 0 Å². The van der Waals surface area contributed by atoms with E-state index in [2.05, 4.69) is 4.72 Å². The zero-order valence-electron chi connectivity index (χ0n) is 13.9. The average Bonchev–Trinajstić information content (AvgIpc) is 2.49. The van der Waals surface area contributed by atoms with E-state index in [0.29, 0.717) is 5.56 Å². The Kier molecular flexibility index (Phi) is 5.03. The molecule has 6 nitrogen and oxygen atoms in total. The van der Waals surface area contributed by atoms with E-state index in [4.69, 9.17) is 0 Å². The molecule has 0 saturated carbocycles. The Bertz CT molecular complexity index is 948. The lowest BCUT2D eigenvalue weighted by Gasteiger charge is -2.15. The summed E-state index contributed by atoms with van der Waals surface area (Å²) in [4.78, 5) is 0.183. The molecule has 0 radical (unpaired) electrons. The van der Waals surface area contributed by atoms with E-state index in [-0.39, 0.29) is 15.5 Å². The fourth-order valence-corrected chi connectivity index (χ4v) is 4.26. The predicted molar refractivity (Wildman–Crippen MR) is 94.0 cm³/mol. The van der Waals surface area contributed by atoms with Crippen molar-refractivity contribution in [3.05, 3.63) is 53.6 Å². The third kappa shape index (κ3) is 3.77. The smallest absolute Gasteiger partial charge is 0.261 e. The molecule has 1 N–H and O–H groups in total. The van der Waals surface area contributed by atoms with Crippen LogP contribution in [0.3, 0.4) is 0 Å². The maximum Gasteiger partial charge on any atom is 0.261 e. The van der Waals surface area contributed by atoms with Gasteiger partial charge in [0, 0.05) is 14.1 Å². The molecule has 0 amide bonds. The monoisotopic (exact) mass is 368 g/mol. The van der Waals surface area contributed by atoms with Gasteiger partial charge < -0.3 is 0 Å². The lowest BCUT2D eigenvalue weighted by molar-refractivity contribution is 0.520. The van der Waals surface area contributed by atoms with Crippen molar-refractivity contribution in [2.45, 2.75) is 23.6 Å². The summed E-state index contributed by atoms with van der Waals surface area (Å²) in [7, 11) is -4.58. The molecule has 0 spiro atoms. The molecule has 130 valence electrons. The van der Waals surface area contributed by atoms with E-state index < -0.39 is 20.0 Å². The number of rotatable bonds is 5. The molecule has 2 aromatic carbocycles. The molecule has 0 aliphatic heterocycles. The minimum atomic E-state index is -3.78. The second-order valence-electron chi connectivity index (χ2n) is 5.69. The van der Waals surface area contributed by atoms with Crippen LogP contribution in [0.15, 0.2) is 52.3 Å². The lowest BCUT2D eigenvalue weighted by Crippen LogP contribution is -2.23. The van der Waals surface area contributed by atoms with Gasteiger partial charge >= 0.3 is 0 Å². The SMILES string of the molecule is Cc1ccc(S(=O)(=O)Nc2ccc(C)c(S(=O)(=O)N(C)C)c2)cc1. The highest BCUT2D eigenvalue weighted by molar-refractivity contribution is 7.92. The molecule has 0 heterocycles. The fraction of sp³-hybridized carbons (Fsp3) is 0.250. The van der Waals surface area contributed by atoms with Gasteiger partial charge in [0.2, 0.25) is 10.0 Å². The summed E-state index contributed by atoms with van der Waals surface area (Å²) in [6.07, 6.45) is 0. The van der Waals surface area contributed by atoms with Crippen molar-refractivity contribution in [2.75, 3.05) is 18.8 Å².